The molecule has 0 radical (unpaired) electrons. The first-order chi connectivity index (χ1) is 8.24. The Labute approximate surface area is 101 Å². The lowest BCUT2D eigenvalue weighted by atomic mass is 10.2. The second-order valence-electron chi connectivity index (χ2n) is 3.58. The fourth-order valence-electron chi connectivity index (χ4n) is 1.29. The van der Waals surface area contributed by atoms with E-state index in [4.69, 9.17) is 4.74 Å². The summed E-state index contributed by atoms with van der Waals surface area (Å²) in [5.41, 5.74) is 0.706. The lowest BCUT2D eigenvalue weighted by molar-refractivity contribution is -0.120. The quantitative estimate of drug-likeness (QED) is 0.595. The molecule has 0 aliphatic heterocycles. The molecule has 0 spiro atoms. The Morgan fingerprint density at radius 1 is 1.41 bits per heavy atom. The van der Waals surface area contributed by atoms with Gasteiger partial charge in [-0.1, -0.05) is 18.2 Å². The summed E-state index contributed by atoms with van der Waals surface area (Å²) in [6.45, 7) is 1.79. The van der Waals surface area contributed by atoms with E-state index in [0.29, 0.717) is 25.3 Å². The molecule has 0 aromatic heterocycles. The van der Waals surface area contributed by atoms with E-state index in [2.05, 4.69) is 10.6 Å². The van der Waals surface area contributed by atoms with Crippen molar-refractivity contribution in [3.63, 3.8) is 0 Å². The third-order valence-corrected chi connectivity index (χ3v) is 2.24. The smallest absolute Gasteiger partial charge is 0.234 e. The monoisotopic (exact) mass is 238 g/mol. The largest absolute Gasteiger partial charge is 0.508 e. The molecule has 3 N–H and O–H groups in total. The van der Waals surface area contributed by atoms with Crippen molar-refractivity contribution >= 4 is 5.91 Å². The van der Waals surface area contributed by atoms with Crippen LogP contribution in [0, 0.1) is 0 Å². The predicted molar refractivity (Wildman–Crippen MR) is 64.7 cm³/mol. The average molecular weight is 238 g/mol. The minimum atomic E-state index is -0.107. The molecular weight excluding hydrogens is 220 g/mol. The first-order valence-corrected chi connectivity index (χ1v) is 5.47. The Bertz CT molecular complexity index is 355. The number of benzene rings is 1. The molecule has 1 aromatic rings. The molecule has 0 bridgehead atoms. The van der Waals surface area contributed by atoms with Gasteiger partial charge in [-0.2, -0.15) is 0 Å². The van der Waals surface area contributed by atoms with E-state index in [1.807, 2.05) is 6.07 Å². The van der Waals surface area contributed by atoms with Gasteiger partial charge in [0, 0.05) is 25.8 Å². The summed E-state index contributed by atoms with van der Waals surface area (Å²) in [4.78, 5) is 11.4. The zero-order valence-corrected chi connectivity index (χ0v) is 9.90. The number of amides is 1. The summed E-state index contributed by atoms with van der Waals surface area (Å²) in [6.07, 6.45) is 0. The van der Waals surface area contributed by atoms with Crippen molar-refractivity contribution in [1.29, 1.82) is 0 Å². The van der Waals surface area contributed by atoms with E-state index in [0.717, 1.165) is 0 Å². The molecule has 0 unspecified atom stereocenters. The molecule has 0 saturated heterocycles. The van der Waals surface area contributed by atoms with Gasteiger partial charge >= 0.3 is 0 Å². The van der Waals surface area contributed by atoms with E-state index in [1.165, 1.54) is 0 Å². The number of aromatic hydroxyl groups is 1. The highest BCUT2D eigenvalue weighted by Crippen LogP contribution is 2.14. The second-order valence-corrected chi connectivity index (χ2v) is 3.58. The molecule has 0 atom stereocenters. The number of phenolic OH excluding ortho intramolecular Hbond substituents is 1. The van der Waals surface area contributed by atoms with Crippen molar-refractivity contribution in [3.8, 4) is 5.75 Å². The normalized spacial score (nSPS) is 10.2. The molecule has 1 aromatic carbocycles. The summed E-state index contributed by atoms with van der Waals surface area (Å²) in [5, 5.41) is 15.1. The number of carbonyl (C=O) groups is 1. The molecule has 0 heterocycles. The number of hydrogen-bond acceptors (Lipinski definition) is 4. The first kappa shape index (κ1) is 13.5. The topological polar surface area (TPSA) is 70.6 Å². The van der Waals surface area contributed by atoms with Gasteiger partial charge in [0.1, 0.15) is 5.75 Å². The number of hydrogen-bond donors (Lipinski definition) is 3. The zero-order chi connectivity index (χ0) is 12.5. The maximum Gasteiger partial charge on any atom is 0.234 e. The first-order valence-electron chi connectivity index (χ1n) is 5.47. The van der Waals surface area contributed by atoms with E-state index in [9.17, 15) is 9.90 Å². The third-order valence-electron chi connectivity index (χ3n) is 2.24. The van der Waals surface area contributed by atoms with Gasteiger partial charge in [-0.05, 0) is 6.07 Å². The van der Waals surface area contributed by atoms with Gasteiger partial charge in [0.05, 0.1) is 13.2 Å². The highest BCUT2D eigenvalue weighted by atomic mass is 16.5. The van der Waals surface area contributed by atoms with Gasteiger partial charge in [-0.25, -0.2) is 0 Å². The van der Waals surface area contributed by atoms with Crippen LogP contribution in [0.2, 0.25) is 0 Å². The fourth-order valence-corrected chi connectivity index (χ4v) is 1.29. The van der Waals surface area contributed by atoms with Crippen LogP contribution in [-0.2, 0) is 16.1 Å². The molecule has 17 heavy (non-hydrogen) atoms. The van der Waals surface area contributed by atoms with Crippen LogP contribution in [0.1, 0.15) is 5.56 Å². The van der Waals surface area contributed by atoms with Gasteiger partial charge in [-0.3, -0.25) is 4.79 Å². The standard InChI is InChI=1S/C12H18N2O3/c1-17-7-6-13-9-12(16)14-8-10-4-2-3-5-11(10)15/h2-5,13,15H,6-9H2,1H3,(H,14,16). The number of rotatable bonds is 7. The van der Waals surface area contributed by atoms with Crippen LogP contribution in [-0.4, -0.2) is 37.8 Å². The molecule has 5 nitrogen and oxygen atoms in total. The number of phenols is 1. The van der Waals surface area contributed by atoms with Crippen LogP contribution in [0.25, 0.3) is 0 Å². The van der Waals surface area contributed by atoms with Crippen LogP contribution < -0.4 is 10.6 Å². The van der Waals surface area contributed by atoms with Gasteiger partial charge < -0.3 is 20.5 Å². The number of carbonyl (C=O) groups excluding carboxylic acids is 1. The van der Waals surface area contributed by atoms with Crippen molar-refractivity contribution in [2.75, 3.05) is 26.8 Å². The van der Waals surface area contributed by atoms with E-state index < -0.39 is 0 Å². The highest BCUT2D eigenvalue weighted by Gasteiger charge is 2.03. The molecule has 0 aliphatic carbocycles. The Kier molecular flexibility index (Phi) is 6.06. The van der Waals surface area contributed by atoms with Crippen LogP contribution in [0.5, 0.6) is 5.75 Å². The van der Waals surface area contributed by atoms with Gasteiger partial charge in [0.2, 0.25) is 5.91 Å². The van der Waals surface area contributed by atoms with E-state index >= 15 is 0 Å². The minimum absolute atomic E-state index is 0.107. The summed E-state index contributed by atoms with van der Waals surface area (Å²) in [7, 11) is 1.61. The van der Waals surface area contributed by atoms with Gasteiger partial charge in [-0.15, -0.1) is 0 Å². The van der Waals surface area contributed by atoms with Crippen molar-refractivity contribution in [3.05, 3.63) is 29.8 Å². The Morgan fingerprint density at radius 3 is 2.88 bits per heavy atom. The molecule has 94 valence electrons. The van der Waals surface area contributed by atoms with Crippen molar-refractivity contribution in [2.24, 2.45) is 0 Å². The van der Waals surface area contributed by atoms with Crippen molar-refractivity contribution < 1.29 is 14.6 Å². The Hall–Kier alpha value is -1.59. The summed E-state index contributed by atoms with van der Waals surface area (Å²) < 4.78 is 4.84. The third kappa shape index (κ3) is 5.33. The molecule has 0 fully saturated rings. The number of para-hydroxylation sites is 1. The van der Waals surface area contributed by atoms with E-state index in [1.54, 1.807) is 25.3 Å². The number of ether oxygens (including phenoxy) is 1. The van der Waals surface area contributed by atoms with Crippen LogP contribution in [0.4, 0.5) is 0 Å². The highest BCUT2D eigenvalue weighted by molar-refractivity contribution is 5.78. The molecular formula is C12H18N2O3. The van der Waals surface area contributed by atoms with Crippen LogP contribution >= 0.6 is 0 Å². The minimum Gasteiger partial charge on any atom is -0.508 e. The lowest BCUT2D eigenvalue weighted by Crippen LogP contribution is -2.34. The average Bonchev–Trinajstić information content (AvgIpc) is 2.34. The van der Waals surface area contributed by atoms with E-state index in [-0.39, 0.29) is 18.2 Å². The zero-order valence-electron chi connectivity index (χ0n) is 9.90. The molecule has 1 amide bonds. The molecule has 5 heteroatoms. The Morgan fingerprint density at radius 2 is 2.18 bits per heavy atom. The summed E-state index contributed by atoms with van der Waals surface area (Å²) in [6, 6.07) is 6.93. The van der Waals surface area contributed by atoms with Crippen LogP contribution in [0.3, 0.4) is 0 Å². The fraction of sp³-hybridized carbons (Fsp3) is 0.417. The Balaban J connectivity index is 2.22. The molecule has 0 aliphatic rings. The predicted octanol–water partition coefficient (Wildman–Crippen LogP) is 0.244. The van der Waals surface area contributed by atoms with Crippen molar-refractivity contribution in [1.82, 2.24) is 10.6 Å². The maximum absolute atomic E-state index is 11.4. The SMILES string of the molecule is COCCNCC(=O)NCc1ccccc1O. The van der Waals surface area contributed by atoms with Crippen molar-refractivity contribution in [2.45, 2.75) is 6.54 Å². The second kappa shape index (κ2) is 7.65. The lowest BCUT2D eigenvalue weighted by Gasteiger charge is -2.07. The maximum atomic E-state index is 11.4. The number of nitrogens with one attached hydrogen (secondary N) is 2. The molecule has 0 saturated carbocycles. The van der Waals surface area contributed by atoms with Crippen LogP contribution in [0.15, 0.2) is 24.3 Å². The van der Waals surface area contributed by atoms with Gasteiger partial charge in [0.25, 0.3) is 0 Å². The summed E-state index contributed by atoms with van der Waals surface area (Å²) in [5.74, 6) is 0.0875. The number of methoxy groups -OCH3 is 1. The molecule has 1 rings (SSSR count). The summed E-state index contributed by atoms with van der Waals surface area (Å²) >= 11 is 0. The van der Waals surface area contributed by atoms with Gasteiger partial charge in [0.15, 0.2) is 0 Å².